The number of nitrogens with one attached hydrogen (secondary N) is 2. The third-order valence-corrected chi connectivity index (χ3v) is 8.25. The highest BCUT2D eigenvalue weighted by molar-refractivity contribution is 6.25. The molecule has 220 valence electrons. The first-order chi connectivity index (χ1) is 20.8. The Morgan fingerprint density at radius 2 is 1.60 bits per heavy atom. The number of imide groups is 2. The molecule has 0 saturated carbocycles. The third-order valence-electron chi connectivity index (χ3n) is 8.25. The Bertz CT molecular complexity index is 1610. The number of nitrogens with two attached hydrogens (primary N) is 1. The van der Waals surface area contributed by atoms with Crippen LogP contribution in [-0.2, 0) is 22.7 Å². The fourth-order valence-electron chi connectivity index (χ4n) is 5.90. The molecule has 1 atom stereocenters. The van der Waals surface area contributed by atoms with Gasteiger partial charge in [-0.2, -0.15) is 0 Å². The van der Waals surface area contributed by atoms with Gasteiger partial charge < -0.3 is 16.0 Å². The van der Waals surface area contributed by atoms with Crippen LogP contribution in [0.1, 0.15) is 55.0 Å². The van der Waals surface area contributed by atoms with Crippen molar-refractivity contribution in [2.45, 2.75) is 32.0 Å². The number of carbonyl (C=O) groups is 5. The van der Waals surface area contributed by atoms with Crippen LogP contribution in [0.2, 0.25) is 0 Å². The first-order valence-corrected chi connectivity index (χ1v) is 14.3. The SMILES string of the molecule is NC(=O)c1cccc(N2CCN(Cc3ccc(CNc4cccc5c4C(=O)N(C4CCC(=O)NC4=O)C5=O)cc3)CC2)c1. The van der Waals surface area contributed by atoms with Crippen LogP contribution in [0.3, 0.4) is 0 Å². The third kappa shape index (κ3) is 5.71. The summed E-state index contributed by atoms with van der Waals surface area (Å²) in [5, 5.41) is 5.51. The van der Waals surface area contributed by atoms with Crippen LogP contribution in [-0.4, -0.2) is 71.6 Å². The molecule has 11 heteroatoms. The normalized spacial score (nSPS) is 18.9. The molecule has 2 saturated heterocycles. The van der Waals surface area contributed by atoms with E-state index < -0.39 is 35.6 Å². The molecule has 3 aliphatic rings. The van der Waals surface area contributed by atoms with Crippen molar-refractivity contribution < 1.29 is 24.0 Å². The maximum absolute atomic E-state index is 13.3. The summed E-state index contributed by atoms with van der Waals surface area (Å²) in [6, 6.07) is 19.7. The number of piperidine rings is 1. The molecule has 5 amide bonds. The van der Waals surface area contributed by atoms with Crippen LogP contribution in [0.15, 0.2) is 66.7 Å². The number of hydrogen-bond acceptors (Lipinski definition) is 8. The number of benzene rings is 3. The number of carbonyl (C=O) groups excluding carboxylic acids is 5. The van der Waals surface area contributed by atoms with Gasteiger partial charge in [-0.3, -0.25) is 39.1 Å². The monoisotopic (exact) mass is 580 g/mol. The van der Waals surface area contributed by atoms with E-state index in [0.29, 0.717) is 17.8 Å². The van der Waals surface area contributed by atoms with Crippen molar-refractivity contribution >= 4 is 40.9 Å². The Morgan fingerprint density at radius 3 is 2.33 bits per heavy atom. The summed E-state index contributed by atoms with van der Waals surface area (Å²) < 4.78 is 0. The lowest BCUT2D eigenvalue weighted by Gasteiger charge is -2.36. The van der Waals surface area contributed by atoms with E-state index in [1.54, 1.807) is 24.3 Å². The molecule has 1 unspecified atom stereocenters. The Labute approximate surface area is 248 Å². The molecule has 11 nitrogen and oxygen atoms in total. The van der Waals surface area contributed by atoms with Gasteiger partial charge in [-0.25, -0.2) is 0 Å². The first kappa shape index (κ1) is 28.1. The van der Waals surface area contributed by atoms with Gasteiger partial charge in [-0.1, -0.05) is 36.4 Å². The number of amides is 5. The number of hydrogen-bond donors (Lipinski definition) is 3. The quantitative estimate of drug-likeness (QED) is 0.344. The zero-order chi connectivity index (χ0) is 30.1. The second-order valence-corrected chi connectivity index (χ2v) is 11.0. The summed E-state index contributed by atoms with van der Waals surface area (Å²) in [6.07, 6.45) is 0.194. The average molecular weight is 581 g/mol. The van der Waals surface area contributed by atoms with Gasteiger partial charge in [-0.15, -0.1) is 0 Å². The average Bonchev–Trinajstić information content (AvgIpc) is 3.27. The Hall–Kier alpha value is -5.03. The molecule has 43 heavy (non-hydrogen) atoms. The molecule has 4 N–H and O–H groups in total. The van der Waals surface area contributed by atoms with E-state index in [9.17, 15) is 24.0 Å². The number of primary amides is 1. The standard InChI is InChI=1S/C32H32N6O5/c33-29(40)22-3-1-4-23(17-22)37-15-13-36(14-16-37)19-21-9-7-20(8-10-21)18-34-25-6-2-5-24-28(25)32(43)38(31(24)42)26-11-12-27(39)35-30(26)41/h1-10,17,26,34H,11-16,18-19H2,(H2,33,40)(H,35,39,41). The van der Waals surface area contributed by atoms with E-state index in [1.807, 2.05) is 30.3 Å². The van der Waals surface area contributed by atoms with Crippen LogP contribution >= 0.6 is 0 Å². The maximum Gasteiger partial charge on any atom is 0.264 e. The van der Waals surface area contributed by atoms with E-state index in [4.69, 9.17) is 5.73 Å². The van der Waals surface area contributed by atoms with Crippen molar-refractivity contribution in [2.75, 3.05) is 36.4 Å². The minimum Gasteiger partial charge on any atom is -0.380 e. The first-order valence-electron chi connectivity index (χ1n) is 14.3. The van der Waals surface area contributed by atoms with E-state index in [-0.39, 0.29) is 24.0 Å². The number of fused-ring (bicyclic) bond motifs is 1. The smallest absolute Gasteiger partial charge is 0.264 e. The van der Waals surface area contributed by atoms with E-state index >= 15 is 0 Å². The summed E-state index contributed by atoms with van der Waals surface area (Å²) in [7, 11) is 0. The van der Waals surface area contributed by atoms with Gasteiger partial charge in [0.1, 0.15) is 6.04 Å². The molecular weight excluding hydrogens is 548 g/mol. The van der Waals surface area contributed by atoms with Gasteiger partial charge in [0.25, 0.3) is 11.8 Å². The molecule has 0 aromatic heterocycles. The lowest BCUT2D eigenvalue weighted by Crippen LogP contribution is -2.54. The topological polar surface area (TPSA) is 145 Å². The predicted molar refractivity (Wildman–Crippen MR) is 159 cm³/mol. The molecule has 3 aliphatic heterocycles. The summed E-state index contributed by atoms with van der Waals surface area (Å²) in [4.78, 5) is 67.5. The van der Waals surface area contributed by atoms with Crippen LogP contribution in [0.4, 0.5) is 11.4 Å². The van der Waals surface area contributed by atoms with Crippen molar-refractivity contribution in [2.24, 2.45) is 5.73 Å². The minimum absolute atomic E-state index is 0.0774. The second-order valence-electron chi connectivity index (χ2n) is 11.0. The van der Waals surface area contributed by atoms with Crippen LogP contribution in [0.5, 0.6) is 0 Å². The molecule has 3 aromatic carbocycles. The zero-order valence-electron chi connectivity index (χ0n) is 23.5. The largest absolute Gasteiger partial charge is 0.380 e. The van der Waals surface area contributed by atoms with Crippen molar-refractivity contribution in [3.63, 3.8) is 0 Å². The lowest BCUT2D eigenvalue weighted by molar-refractivity contribution is -0.136. The number of piperazine rings is 1. The highest BCUT2D eigenvalue weighted by Crippen LogP contribution is 2.32. The van der Waals surface area contributed by atoms with Gasteiger partial charge in [0.05, 0.1) is 11.1 Å². The van der Waals surface area contributed by atoms with Gasteiger partial charge in [0.15, 0.2) is 0 Å². The van der Waals surface area contributed by atoms with Crippen molar-refractivity contribution in [3.8, 4) is 0 Å². The van der Waals surface area contributed by atoms with Crippen molar-refractivity contribution in [3.05, 3.63) is 94.5 Å². The highest BCUT2D eigenvalue weighted by Gasteiger charge is 2.45. The van der Waals surface area contributed by atoms with Gasteiger partial charge in [0.2, 0.25) is 17.7 Å². The molecule has 3 aromatic rings. The van der Waals surface area contributed by atoms with E-state index in [2.05, 4.69) is 32.6 Å². The lowest BCUT2D eigenvalue weighted by atomic mass is 10.0. The van der Waals surface area contributed by atoms with Gasteiger partial charge in [-0.05, 0) is 47.9 Å². The second kappa shape index (κ2) is 11.7. The fraction of sp³-hybridized carbons (Fsp3) is 0.281. The number of nitrogens with zero attached hydrogens (tertiary/aromatic N) is 3. The Kier molecular flexibility index (Phi) is 7.64. The van der Waals surface area contributed by atoms with Crippen LogP contribution in [0.25, 0.3) is 0 Å². The summed E-state index contributed by atoms with van der Waals surface area (Å²) in [5.74, 6) is -2.52. The molecule has 0 aliphatic carbocycles. The Balaban J connectivity index is 1.04. The molecule has 0 radical (unpaired) electrons. The summed E-state index contributed by atoms with van der Waals surface area (Å²) in [5.41, 5.74) is 10.2. The Morgan fingerprint density at radius 1 is 0.884 bits per heavy atom. The molecule has 6 rings (SSSR count). The van der Waals surface area contributed by atoms with E-state index in [1.165, 1.54) is 5.56 Å². The summed E-state index contributed by atoms with van der Waals surface area (Å²) >= 11 is 0. The fourth-order valence-corrected chi connectivity index (χ4v) is 5.90. The number of anilines is 2. The predicted octanol–water partition coefficient (Wildman–Crippen LogP) is 2.12. The van der Waals surface area contributed by atoms with Gasteiger partial charge >= 0.3 is 0 Å². The van der Waals surface area contributed by atoms with Crippen molar-refractivity contribution in [1.29, 1.82) is 0 Å². The molecule has 3 heterocycles. The number of rotatable bonds is 8. The van der Waals surface area contributed by atoms with Crippen LogP contribution in [0, 0.1) is 0 Å². The van der Waals surface area contributed by atoms with Gasteiger partial charge in [0, 0.05) is 62.6 Å². The van der Waals surface area contributed by atoms with Crippen LogP contribution < -0.4 is 21.3 Å². The van der Waals surface area contributed by atoms with Crippen molar-refractivity contribution in [1.82, 2.24) is 15.1 Å². The highest BCUT2D eigenvalue weighted by atomic mass is 16.2. The molecule has 0 spiro atoms. The zero-order valence-corrected chi connectivity index (χ0v) is 23.5. The maximum atomic E-state index is 13.3. The molecule has 0 bridgehead atoms. The molecular formula is C32H32N6O5. The summed E-state index contributed by atoms with van der Waals surface area (Å²) in [6.45, 7) is 4.76. The molecule has 2 fully saturated rings. The minimum atomic E-state index is -0.999. The van der Waals surface area contributed by atoms with E-state index in [0.717, 1.165) is 48.9 Å².